The van der Waals surface area contributed by atoms with E-state index in [0.717, 1.165) is 19.6 Å². The lowest BCUT2D eigenvalue weighted by atomic mass is 10.3. The highest BCUT2D eigenvalue weighted by Gasteiger charge is 2.10. The van der Waals surface area contributed by atoms with E-state index < -0.39 is 0 Å². The number of hydrogen-bond donors (Lipinski definition) is 1. The first kappa shape index (κ1) is 16.0. The SMILES string of the molecule is CCN(CCN(C)C)CC(=O)Nc1ccccc1Cl. The van der Waals surface area contributed by atoms with E-state index in [0.29, 0.717) is 17.3 Å². The van der Waals surface area contributed by atoms with Crippen molar-refractivity contribution in [2.75, 3.05) is 45.6 Å². The van der Waals surface area contributed by atoms with Crippen LogP contribution in [0.5, 0.6) is 0 Å². The van der Waals surface area contributed by atoms with Gasteiger partial charge in [-0.15, -0.1) is 0 Å². The van der Waals surface area contributed by atoms with Crippen LogP contribution < -0.4 is 5.32 Å². The number of amides is 1. The van der Waals surface area contributed by atoms with Crippen LogP contribution in [-0.4, -0.2) is 56.0 Å². The molecule has 19 heavy (non-hydrogen) atoms. The predicted octanol–water partition coefficient (Wildman–Crippen LogP) is 2.16. The number of likely N-dealkylation sites (N-methyl/N-ethyl adjacent to an activating group) is 2. The number of halogens is 1. The summed E-state index contributed by atoms with van der Waals surface area (Å²) in [6.45, 7) is 5.10. The number of rotatable bonds is 7. The van der Waals surface area contributed by atoms with Gasteiger partial charge in [0.2, 0.25) is 5.91 Å². The van der Waals surface area contributed by atoms with Crippen LogP contribution in [0.4, 0.5) is 5.69 Å². The van der Waals surface area contributed by atoms with Crippen LogP contribution in [-0.2, 0) is 4.79 Å². The van der Waals surface area contributed by atoms with Crippen LogP contribution in [0, 0.1) is 0 Å². The third-order valence-electron chi connectivity index (χ3n) is 2.83. The highest BCUT2D eigenvalue weighted by atomic mass is 35.5. The number of anilines is 1. The van der Waals surface area contributed by atoms with Crippen molar-refractivity contribution in [3.63, 3.8) is 0 Å². The number of nitrogens with zero attached hydrogens (tertiary/aromatic N) is 2. The molecule has 0 heterocycles. The van der Waals surface area contributed by atoms with Gasteiger partial charge in [-0.05, 0) is 32.8 Å². The van der Waals surface area contributed by atoms with Gasteiger partial charge in [-0.1, -0.05) is 30.7 Å². The molecule has 1 aromatic rings. The fraction of sp³-hybridized carbons (Fsp3) is 0.500. The molecule has 0 radical (unpaired) electrons. The first-order valence-electron chi connectivity index (χ1n) is 6.44. The summed E-state index contributed by atoms with van der Waals surface area (Å²) in [6, 6.07) is 7.26. The highest BCUT2D eigenvalue weighted by Crippen LogP contribution is 2.20. The fourth-order valence-electron chi connectivity index (χ4n) is 1.65. The molecule has 1 amide bonds. The van der Waals surface area contributed by atoms with Gasteiger partial charge in [0.15, 0.2) is 0 Å². The molecule has 0 fully saturated rings. The van der Waals surface area contributed by atoms with E-state index in [2.05, 4.69) is 22.0 Å². The Kier molecular flexibility index (Phi) is 6.84. The molecule has 0 aliphatic rings. The average molecular weight is 284 g/mol. The summed E-state index contributed by atoms with van der Waals surface area (Å²) in [4.78, 5) is 16.2. The van der Waals surface area contributed by atoms with Gasteiger partial charge in [0.05, 0.1) is 17.3 Å². The van der Waals surface area contributed by atoms with E-state index in [1.54, 1.807) is 12.1 Å². The Hall–Kier alpha value is -1.10. The standard InChI is InChI=1S/C14H22ClN3O/c1-4-18(10-9-17(2)3)11-14(19)16-13-8-6-5-7-12(13)15/h5-8H,4,9-11H2,1-3H3,(H,16,19). The van der Waals surface area contributed by atoms with E-state index in [1.165, 1.54) is 0 Å². The minimum Gasteiger partial charge on any atom is -0.324 e. The number of para-hydroxylation sites is 1. The maximum atomic E-state index is 12.0. The molecule has 1 aromatic carbocycles. The van der Waals surface area contributed by atoms with Crippen molar-refractivity contribution in [1.29, 1.82) is 0 Å². The molecular weight excluding hydrogens is 262 g/mol. The normalized spacial score (nSPS) is 11.1. The van der Waals surface area contributed by atoms with E-state index >= 15 is 0 Å². The zero-order valence-electron chi connectivity index (χ0n) is 11.8. The third-order valence-corrected chi connectivity index (χ3v) is 3.16. The summed E-state index contributed by atoms with van der Waals surface area (Å²) in [5.74, 6) is -0.0336. The van der Waals surface area contributed by atoms with E-state index in [-0.39, 0.29) is 5.91 Å². The first-order chi connectivity index (χ1) is 9.02. The van der Waals surface area contributed by atoms with Crippen LogP contribution in [0.3, 0.4) is 0 Å². The Morgan fingerprint density at radius 2 is 1.95 bits per heavy atom. The molecule has 0 unspecified atom stereocenters. The number of nitrogens with one attached hydrogen (secondary N) is 1. The zero-order chi connectivity index (χ0) is 14.3. The Morgan fingerprint density at radius 3 is 2.53 bits per heavy atom. The molecule has 0 atom stereocenters. The number of benzene rings is 1. The highest BCUT2D eigenvalue weighted by molar-refractivity contribution is 6.33. The minimum atomic E-state index is -0.0336. The zero-order valence-corrected chi connectivity index (χ0v) is 12.6. The Morgan fingerprint density at radius 1 is 1.26 bits per heavy atom. The number of hydrogen-bond acceptors (Lipinski definition) is 3. The lowest BCUT2D eigenvalue weighted by Crippen LogP contribution is -2.37. The molecule has 0 bridgehead atoms. The van der Waals surface area contributed by atoms with Crippen LogP contribution >= 0.6 is 11.6 Å². The summed E-state index contributed by atoms with van der Waals surface area (Å²) in [5, 5.41) is 3.40. The second-order valence-electron chi connectivity index (χ2n) is 4.70. The maximum Gasteiger partial charge on any atom is 0.238 e. The largest absolute Gasteiger partial charge is 0.324 e. The van der Waals surface area contributed by atoms with Crippen molar-refractivity contribution in [2.24, 2.45) is 0 Å². The Balaban J connectivity index is 2.47. The lowest BCUT2D eigenvalue weighted by Gasteiger charge is -2.22. The van der Waals surface area contributed by atoms with Gasteiger partial charge in [-0.2, -0.15) is 0 Å². The molecule has 106 valence electrons. The molecule has 1 N–H and O–H groups in total. The van der Waals surface area contributed by atoms with Gasteiger partial charge in [-0.3, -0.25) is 9.69 Å². The molecule has 0 aliphatic heterocycles. The van der Waals surface area contributed by atoms with Crippen LogP contribution in [0.2, 0.25) is 5.02 Å². The topological polar surface area (TPSA) is 35.6 Å². The molecule has 0 spiro atoms. The fourth-order valence-corrected chi connectivity index (χ4v) is 1.83. The van der Waals surface area contributed by atoms with Crippen molar-refractivity contribution in [3.05, 3.63) is 29.3 Å². The summed E-state index contributed by atoms with van der Waals surface area (Å²) in [7, 11) is 4.05. The molecule has 5 heteroatoms. The van der Waals surface area contributed by atoms with Gasteiger partial charge in [-0.25, -0.2) is 0 Å². The van der Waals surface area contributed by atoms with Crippen LogP contribution in [0.25, 0.3) is 0 Å². The van der Waals surface area contributed by atoms with Gasteiger partial charge < -0.3 is 10.2 Å². The monoisotopic (exact) mass is 283 g/mol. The molecule has 0 saturated heterocycles. The smallest absolute Gasteiger partial charge is 0.238 e. The van der Waals surface area contributed by atoms with Crippen molar-refractivity contribution in [1.82, 2.24) is 9.80 Å². The number of carbonyl (C=O) groups is 1. The molecule has 0 saturated carbocycles. The lowest BCUT2D eigenvalue weighted by molar-refractivity contribution is -0.117. The predicted molar refractivity (Wildman–Crippen MR) is 80.7 cm³/mol. The maximum absolute atomic E-state index is 12.0. The summed E-state index contributed by atoms with van der Waals surface area (Å²) in [6.07, 6.45) is 0. The van der Waals surface area contributed by atoms with Crippen molar-refractivity contribution >= 4 is 23.2 Å². The number of carbonyl (C=O) groups excluding carboxylic acids is 1. The third kappa shape index (κ3) is 6.05. The minimum absolute atomic E-state index is 0.0336. The van der Waals surface area contributed by atoms with Crippen molar-refractivity contribution < 1.29 is 4.79 Å². The van der Waals surface area contributed by atoms with Gasteiger partial charge in [0.1, 0.15) is 0 Å². The molecule has 0 aromatic heterocycles. The Labute approximate surface area is 120 Å². The van der Waals surface area contributed by atoms with Gasteiger partial charge >= 0.3 is 0 Å². The second-order valence-corrected chi connectivity index (χ2v) is 5.11. The van der Waals surface area contributed by atoms with Crippen LogP contribution in [0.1, 0.15) is 6.92 Å². The quantitative estimate of drug-likeness (QED) is 0.833. The molecule has 1 rings (SSSR count). The van der Waals surface area contributed by atoms with Crippen molar-refractivity contribution in [3.8, 4) is 0 Å². The van der Waals surface area contributed by atoms with Gasteiger partial charge in [0.25, 0.3) is 0 Å². The molecule has 0 aliphatic carbocycles. The summed E-state index contributed by atoms with van der Waals surface area (Å²) < 4.78 is 0. The summed E-state index contributed by atoms with van der Waals surface area (Å²) >= 11 is 6.01. The van der Waals surface area contributed by atoms with Crippen LogP contribution in [0.15, 0.2) is 24.3 Å². The average Bonchev–Trinajstić information content (AvgIpc) is 2.37. The van der Waals surface area contributed by atoms with Gasteiger partial charge in [0, 0.05) is 13.1 Å². The van der Waals surface area contributed by atoms with E-state index in [9.17, 15) is 4.79 Å². The summed E-state index contributed by atoms with van der Waals surface area (Å²) in [5.41, 5.74) is 0.665. The molecular formula is C14H22ClN3O. The molecule has 4 nitrogen and oxygen atoms in total. The Bertz CT molecular complexity index is 409. The second kappa shape index (κ2) is 8.15. The van der Waals surface area contributed by atoms with Crippen molar-refractivity contribution in [2.45, 2.75) is 6.92 Å². The van der Waals surface area contributed by atoms with E-state index in [4.69, 9.17) is 11.6 Å². The van der Waals surface area contributed by atoms with E-state index in [1.807, 2.05) is 26.2 Å². The first-order valence-corrected chi connectivity index (χ1v) is 6.82.